The molecule has 5 heteroatoms. The molecule has 0 spiro atoms. The number of halogens is 1. The summed E-state index contributed by atoms with van der Waals surface area (Å²) in [7, 11) is 1.70. The van der Waals surface area contributed by atoms with Crippen LogP contribution in [0.3, 0.4) is 0 Å². The van der Waals surface area contributed by atoms with E-state index < -0.39 is 0 Å². The van der Waals surface area contributed by atoms with Crippen LogP contribution in [0.4, 0.5) is 5.95 Å². The van der Waals surface area contributed by atoms with Crippen molar-refractivity contribution in [3.05, 3.63) is 41.2 Å². The van der Waals surface area contributed by atoms with E-state index >= 15 is 0 Å². The molecule has 102 valence electrons. The first-order chi connectivity index (χ1) is 9.22. The van der Waals surface area contributed by atoms with Gasteiger partial charge in [0.1, 0.15) is 0 Å². The van der Waals surface area contributed by atoms with Crippen LogP contribution in [0.25, 0.3) is 5.69 Å². The van der Waals surface area contributed by atoms with Gasteiger partial charge in [0.05, 0.1) is 5.69 Å². The van der Waals surface area contributed by atoms with E-state index in [1.165, 1.54) is 0 Å². The summed E-state index contributed by atoms with van der Waals surface area (Å²) >= 11 is 6.06. The van der Waals surface area contributed by atoms with Gasteiger partial charge in [-0.25, -0.2) is 4.98 Å². The van der Waals surface area contributed by atoms with Crippen LogP contribution in [0, 0.1) is 6.92 Å². The monoisotopic (exact) mass is 279 g/mol. The number of benzene rings is 1. The Morgan fingerprint density at radius 3 is 3.05 bits per heavy atom. The minimum Gasteiger partial charge on any atom is -0.385 e. The van der Waals surface area contributed by atoms with Crippen molar-refractivity contribution in [2.45, 2.75) is 13.3 Å². The number of aromatic nitrogens is 2. The number of anilines is 1. The van der Waals surface area contributed by atoms with Crippen molar-refractivity contribution < 1.29 is 4.74 Å². The summed E-state index contributed by atoms with van der Waals surface area (Å²) < 4.78 is 7.03. The number of hydrogen-bond acceptors (Lipinski definition) is 3. The number of methoxy groups -OCH3 is 1. The number of ether oxygens (including phenoxy) is 1. The first-order valence-electron chi connectivity index (χ1n) is 6.25. The zero-order valence-electron chi connectivity index (χ0n) is 11.2. The van der Waals surface area contributed by atoms with E-state index in [0.717, 1.165) is 41.8 Å². The minimum atomic E-state index is 0.722. The Morgan fingerprint density at radius 2 is 2.26 bits per heavy atom. The molecule has 0 atom stereocenters. The summed E-state index contributed by atoms with van der Waals surface area (Å²) in [6.45, 7) is 3.62. The summed E-state index contributed by atoms with van der Waals surface area (Å²) in [5.41, 5.74) is 2.20. The lowest BCUT2D eigenvalue weighted by Crippen LogP contribution is -2.09. The second-order valence-corrected chi connectivity index (χ2v) is 4.76. The maximum atomic E-state index is 6.06. The van der Waals surface area contributed by atoms with Gasteiger partial charge in [-0.2, -0.15) is 0 Å². The first-order valence-corrected chi connectivity index (χ1v) is 6.63. The van der Waals surface area contributed by atoms with Crippen molar-refractivity contribution in [2.24, 2.45) is 0 Å². The molecule has 0 saturated heterocycles. The first kappa shape index (κ1) is 13.9. The molecule has 0 aliphatic rings. The Balaban J connectivity index is 2.16. The summed E-state index contributed by atoms with van der Waals surface area (Å²) in [6, 6.07) is 5.84. The largest absolute Gasteiger partial charge is 0.385 e. The van der Waals surface area contributed by atoms with Gasteiger partial charge in [-0.3, -0.25) is 4.57 Å². The smallest absolute Gasteiger partial charge is 0.207 e. The molecule has 0 amide bonds. The fourth-order valence-electron chi connectivity index (χ4n) is 1.89. The van der Waals surface area contributed by atoms with E-state index in [9.17, 15) is 0 Å². The Morgan fingerprint density at radius 1 is 1.42 bits per heavy atom. The molecule has 0 unspecified atom stereocenters. The normalized spacial score (nSPS) is 10.7. The zero-order valence-corrected chi connectivity index (χ0v) is 11.9. The molecule has 0 bridgehead atoms. The predicted octanol–water partition coefficient (Wildman–Crippen LogP) is 3.28. The Bertz CT molecular complexity index is 539. The molecule has 1 heterocycles. The maximum Gasteiger partial charge on any atom is 0.207 e. The minimum absolute atomic E-state index is 0.722. The molecule has 19 heavy (non-hydrogen) atoms. The van der Waals surface area contributed by atoms with Crippen molar-refractivity contribution >= 4 is 17.5 Å². The van der Waals surface area contributed by atoms with Crippen LogP contribution in [0.2, 0.25) is 5.02 Å². The van der Waals surface area contributed by atoms with Crippen LogP contribution in [0.15, 0.2) is 30.6 Å². The van der Waals surface area contributed by atoms with Crippen LogP contribution in [0.1, 0.15) is 12.0 Å². The number of imidazole rings is 1. The topological polar surface area (TPSA) is 39.1 Å². The highest BCUT2D eigenvalue weighted by molar-refractivity contribution is 6.30. The average molecular weight is 280 g/mol. The van der Waals surface area contributed by atoms with Crippen LogP contribution in [-0.4, -0.2) is 29.8 Å². The molecule has 1 aromatic carbocycles. The molecule has 0 saturated carbocycles. The highest BCUT2D eigenvalue weighted by atomic mass is 35.5. The van der Waals surface area contributed by atoms with Gasteiger partial charge in [0.2, 0.25) is 5.95 Å². The van der Waals surface area contributed by atoms with Crippen LogP contribution >= 0.6 is 11.6 Å². The van der Waals surface area contributed by atoms with Gasteiger partial charge in [0.25, 0.3) is 0 Å². The molecule has 0 fully saturated rings. The van der Waals surface area contributed by atoms with Gasteiger partial charge in [-0.15, -0.1) is 0 Å². The van der Waals surface area contributed by atoms with Gasteiger partial charge < -0.3 is 10.1 Å². The van der Waals surface area contributed by atoms with E-state index in [0.29, 0.717) is 0 Å². The van der Waals surface area contributed by atoms with Crippen molar-refractivity contribution in [1.29, 1.82) is 0 Å². The highest BCUT2D eigenvalue weighted by Gasteiger charge is 2.07. The van der Waals surface area contributed by atoms with Crippen LogP contribution < -0.4 is 5.32 Å². The molecule has 1 aromatic heterocycles. The van der Waals surface area contributed by atoms with Crippen molar-refractivity contribution in [2.75, 3.05) is 25.6 Å². The lowest BCUT2D eigenvalue weighted by Gasteiger charge is -2.12. The summed E-state index contributed by atoms with van der Waals surface area (Å²) in [5.74, 6) is 0.821. The molecule has 2 aromatic rings. The number of nitrogens with one attached hydrogen (secondary N) is 1. The highest BCUT2D eigenvalue weighted by Crippen LogP contribution is 2.22. The fraction of sp³-hybridized carbons (Fsp3) is 0.357. The molecule has 1 N–H and O–H groups in total. The molecule has 0 aliphatic heterocycles. The second-order valence-electron chi connectivity index (χ2n) is 4.32. The third-order valence-corrected chi connectivity index (χ3v) is 3.11. The van der Waals surface area contributed by atoms with E-state index in [4.69, 9.17) is 16.3 Å². The van der Waals surface area contributed by atoms with Gasteiger partial charge >= 0.3 is 0 Å². The zero-order chi connectivity index (χ0) is 13.7. The Labute approximate surface area is 118 Å². The fourth-order valence-corrected chi connectivity index (χ4v) is 2.05. The number of rotatable bonds is 6. The molecule has 0 radical (unpaired) electrons. The number of hydrogen-bond donors (Lipinski definition) is 1. The Kier molecular flexibility index (Phi) is 4.82. The van der Waals surface area contributed by atoms with Crippen molar-refractivity contribution in [3.8, 4) is 5.69 Å². The van der Waals surface area contributed by atoms with Crippen LogP contribution in [0.5, 0.6) is 0 Å². The van der Waals surface area contributed by atoms with E-state index in [1.807, 2.05) is 29.0 Å². The summed E-state index contributed by atoms with van der Waals surface area (Å²) in [4.78, 5) is 4.33. The number of nitrogens with zero attached hydrogens (tertiary/aromatic N) is 2. The van der Waals surface area contributed by atoms with Crippen molar-refractivity contribution in [3.63, 3.8) is 0 Å². The number of aryl methyl sites for hydroxylation is 1. The summed E-state index contributed by atoms with van der Waals surface area (Å²) in [5, 5.41) is 4.02. The second kappa shape index (κ2) is 6.59. The molecular formula is C14H18ClN3O. The average Bonchev–Trinajstić information content (AvgIpc) is 2.86. The van der Waals surface area contributed by atoms with E-state index in [1.54, 1.807) is 13.3 Å². The van der Waals surface area contributed by atoms with Gasteiger partial charge in [-0.05, 0) is 31.0 Å². The lowest BCUT2D eigenvalue weighted by molar-refractivity contribution is 0.197. The lowest BCUT2D eigenvalue weighted by atomic mass is 10.2. The van der Waals surface area contributed by atoms with Gasteiger partial charge in [0.15, 0.2) is 0 Å². The van der Waals surface area contributed by atoms with Gasteiger partial charge in [-0.1, -0.05) is 17.7 Å². The predicted molar refractivity (Wildman–Crippen MR) is 78.3 cm³/mol. The standard InChI is InChI=1S/C14H18ClN3O/c1-11-4-5-12(15)10-13(11)18-8-7-17-14(18)16-6-3-9-19-2/h4-5,7-8,10H,3,6,9H2,1-2H3,(H,16,17). The molecule has 4 nitrogen and oxygen atoms in total. The SMILES string of the molecule is COCCCNc1nccn1-c1cc(Cl)ccc1C. The quantitative estimate of drug-likeness (QED) is 0.825. The molecular weight excluding hydrogens is 262 g/mol. The van der Waals surface area contributed by atoms with E-state index in [2.05, 4.69) is 17.2 Å². The van der Waals surface area contributed by atoms with Gasteiger partial charge in [0, 0.05) is 37.7 Å². The molecule has 0 aliphatic carbocycles. The van der Waals surface area contributed by atoms with Crippen LogP contribution in [-0.2, 0) is 4.74 Å². The maximum absolute atomic E-state index is 6.06. The third-order valence-electron chi connectivity index (χ3n) is 2.88. The summed E-state index contributed by atoms with van der Waals surface area (Å²) in [6.07, 6.45) is 4.65. The van der Waals surface area contributed by atoms with E-state index in [-0.39, 0.29) is 0 Å². The Hall–Kier alpha value is -1.52. The third kappa shape index (κ3) is 3.49. The molecule has 2 rings (SSSR count). The van der Waals surface area contributed by atoms with Crippen molar-refractivity contribution in [1.82, 2.24) is 9.55 Å².